The molecular formula is C17H13N3. The zero-order valence-corrected chi connectivity index (χ0v) is 10.9. The van der Waals surface area contributed by atoms with E-state index >= 15 is 0 Å². The second-order valence-corrected chi connectivity index (χ2v) is 4.54. The Balaban J connectivity index is 1.82. The summed E-state index contributed by atoms with van der Waals surface area (Å²) in [5.41, 5.74) is 3.63. The lowest BCUT2D eigenvalue weighted by Gasteiger charge is -2.08. The molecule has 0 saturated heterocycles. The highest BCUT2D eigenvalue weighted by Gasteiger charge is 2.01. The molecule has 3 nitrogen and oxygen atoms in total. The standard InChI is InChI=1S/C17H13N3/c18-10-14-6-1-2-7-15(14)11-19-16-9-13-5-3-4-8-17(13)20-12-16/h1-9,12,19H,11H2. The lowest BCUT2D eigenvalue weighted by atomic mass is 10.1. The van der Waals surface area contributed by atoms with Crippen molar-refractivity contribution in [2.75, 3.05) is 5.32 Å². The van der Waals surface area contributed by atoms with Gasteiger partial charge in [-0.25, -0.2) is 0 Å². The van der Waals surface area contributed by atoms with Crippen molar-refractivity contribution in [3.63, 3.8) is 0 Å². The van der Waals surface area contributed by atoms with Gasteiger partial charge in [-0.1, -0.05) is 36.4 Å². The molecule has 1 heterocycles. The Morgan fingerprint density at radius 1 is 1.05 bits per heavy atom. The first kappa shape index (κ1) is 12.2. The first-order chi connectivity index (χ1) is 9.86. The number of anilines is 1. The van der Waals surface area contributed by atoms with E-state index in [1.54, 1.807) is 0 Å². The van der Waals surface area contributed by atoms with Gasteiger partial charge < -0.3 is 5.32 Å². The lowest BCUT2D eigenvalue weighted by molar-refractivity contribution is 1.13. The molecule has 2 aromatic carbocycles. The van der Waals surface area contributed by atoms with Crippen LogP contribution in [0.25, 0.3) is 10.9 Å². The summed E-state index contributed by atoms with van der Waals surface area (Å²) in [5, 5.41) is 13.5. The van der Waals surface area contributed by atoms with Gasteiger partial charge in [0, 0.05) is 11.9 Å². The lowest BCUT2D eigenvalue weighted by Crippen LogP contribution is -2.01. The van der Waals surface area contributed by atoms with Crippen LogP contribution in [0.3, 0.4) is 0 Å². The first-order valence-corrected chi connectivity index (χ1v) is 6.43. The van der Waals surface area contributed by atoms with Crippen molar-refractivity contribution in [1.82, 2.24) is 4.98 Å². The van der Waals surface area contributed by atoms with Gasteiger partial charge >= 0.3 is 0 Å². The summed E-state index contributed by atoms with van der Waals surface area (Å²) >= 11 is 0. The van der Waals surface area contributed by atoms with E-state index in [2.05, 4.69) is 22.4 Å². The maximum atomic E-state index is 9.07. The van der Waals surface area contributed by atoms with Crippen LogP contribution in [0.1, 0.15) is 11.1 Å². The first-order valence-electron chi connectivity index (χ1n) is 6.43. The van der Waals surface area contributed by atoms with Gasteiger partial charge in [0.1, 0.15) is 0 Å². The van der Waals surface area contributed by atoms with Crippen molar-refractivity contribution in [3.05, 3.63) is 71.9 Å². The number of para-hydroxylation sites is 1. The zero-order valence-electron chi connectivity index (χ0n) is 10.9. The fourth-order valence-electron chi connectivity index (χ4n) is 2.15. The predicted molar refractivity (Wildman–Crippen MR) is 80.2 cm³/mol. The minimum atomic E-state index is 0.615. The van der Waals surface area contributed by atoms with Gasteiger partial charge in [-0.05, 0) is 23.8 Å². The molecule has 0 aliphatic heterocycles. The average molecular weight is 259 g/mol. The Kier molecular flexibility index (Phi) is 3.30. The van der Waals surface area contributed by atoms with Crippen LogP contribution in [0.4, 0.5) is 5.69 Å². The van der Waals surface area contributed by atoms with Crippen LogP contribution in [-0.4, -0.2) is 4.98 Å². The normalized spacial score (nSPS) is 10.2. The summed E-state index contributed by atoms with van der Waals surface area (Å²) in [6.07, 6.45) is 1.82. The summed E-state index contributed by atoms with van der Waals surface area (Å²) in [6, 6.07) is 19.9. The van der Waals surface area contributed by atoms with E-state index in [0.29, 0.717) is 12.1 Å². The van der Waals surface area contributed by atoms with Crippen LogP contribution in [0.5, 0.6) is 0 Å². The molecule has 0 fully saturated rings. The maximum absolute atomic E-state index is 9.07. The number of rotatable bonds is 3. The van der Waals surface area contributed by atoms with Gasteiger partial charge in [0.2, 0.25) is 0 Å². The predicted octanol–water partition coefficient (Wildman–Crippen LogP) is 3.72. The molecule has 3 aromatic rings. The number of hydrogen-bond acceptors (Lipinski definition) is 3. The molecule has 0 radical (unpaired) electrons. The van der Waals surface area contributed by atoms with Gasteiger partial charge in [-0.2, -0.15) is 5.26 Å². The molecule has 0 bridgehead atoms. The molecule has 0 unspecified atom stereocenters. The van der Waals surface area contributed by atoms with E-state index in [1.165, 1.54) is 0 Å². The molecule has 20 heavy (non-hydrogen) atoms. The second kappa shape index (κ2) is 5.41. The maximum Gasteiger partial charge on any atom is 0.0995 e. The van der Waals surface area contributed by atoms with Crippen molar-refractivity contribution in [2.45, 2.75) is 6.54 Å². The quantitative estimate of drug-likeness (QED) is 0.779. The molecule has 3 heteroatoms. The third-order valence-corrected chi connectivity index (χ3v) is 3.21. The van der Waals surface area contributed by atoms with Crippen LogP contribution in [-0.2, 0) is 6.54 Å². The summed E-state index contributed by atoms with van der Waals surface area (Å²) in [7, 11) is 0. The van der Waals surface area contributed by atoms with E-state index in [9.17, 15) is 0 Å². The minimum absolute atomic E-state index is 0.615. The average Bonchev–Trinajstić information content (AvgIpc) is 2.53. The van der Waals surface area contributed by atoms with Crippen LogP contribution < -0.4 is 5.32 Å². The highest BCUT2D eigenvalue weighted by molar-refractivity contribution is 5.81. The molecule has 1 aromatic heterocycles. The van der Waals surface area contributed by atoms with Crippen LogP contribution in [0.2, 0.25) is 0 Å². The Bertz CT molecular complexity index is 787. The van der Waals surface area contributed by atoms with Gasteiger partial charge in [0.15, 0.2) is 0 Å². The van der Waals surface area contributed by atoms with Gasteiger partial charge in [-0.3, -0.25) is 4.98 Å². The molecule has 0 atom stereocenters. The Hall–Kier alpha value is -2.86. The van der Waals surface area contributed by atoms with E-state index in [1.807, 2.05) is 54.7 Å². The summed E-state index contributed by atoms with van der Waals surface area (Å²) in [4.78, 5) is 4.41. The smallest absolute Gasteiger partial charge is 0.0995 e. The third kappa shape index (κ3) is 2.45. The number of nitriles is 1. The number of nitrogens with one attached hydrogen (secondary N) is 1. The molecule has 3 rings (SSSR count). The Labute approximate surface area is 117 Å². The number of pyridine rings is 1. The van der Waals surface area contributed by atoms with E-state index < -0.39 is 0 Å². The molecule has 0 amide bonds. The fraction of sp³-hybridized carbons (Fsp3) is 0.0588. The summed E-state index contributed by atoms with van der Waals surface area (Å²) in [6.45, 7) is 0.615. The molecule has 96 valence electrons. The van der Waals surface area contributed by atoms with Gasteiger partial charge in [0.05, 0.1) is 29.0 Å². The molecule has 0 saturated carbocycles. The number of benzene rings is 2. The number of aromatic nitrogens is 1. The SMILES string of the molecule is N#Cc1ccccc1CNc1cnc2ccccc2c1. The van der Waals surface area contributed by atoms with E-state index in [-0.39, 0.29) is 0 Å². The van der Waals surface area contributed by atoms with E-state index in [0.717, 1.165) is 22.2 Å². The van der Waals surface area contributed by atoms with Crippen molar-refractivity contribution >= 4 is 16.6 Å². The Morgan fingerprint density at radius 2 is 1.85 bits per heavy atom. The minimum Gasteiger partial charge on any atom is -0.380 e. The molecule has 1 N–H and O–H groups in total. The number of nitrogens with zero attached hydrogens (tertiary/aromatic N) is 2. The molecular weight excluding hydrogens is 246 g/mol. The summed E-state index contributed by atoms with van der Waals surface area (Å²) in [5.74, 6) is 0. The third-order valence-electron chi connectivity index (χ3n) is 3.21. The Morgan fingerprint density at radius 3 is 2.75 bits per heavy atom. The zero-order chi connectivity index (χ0) is 13.8. The molecule has 0 aliphatic carbocycles. The van der Waals surface area contributed by atoms with Crippen molar-refractivity contribution in [1.29, 1.82) is 5.26 Å². The monoisotopic (exact) mass is 259 g/mol. The van der Waals surface area contributed by atoms with Gasteiger partial charge in [0.25, 0.3) is 0 Å². The number of hydrogen-bond donors (Lipinski definition) is 1. The second-order valence-electron chi connectivity index (χ2n) is 4.54. The van der Waals surface area contributed by atoms with Crippen molar-refractivity contribution < 1.29 is 0 Å². The van der Waals surface area contributed by atoms with Crippen LogP contribution in [0, 0.1) is 11.3 Å². The molecule has 0 aliphatic rings. The highest BCUT2D eigenvalue weighted by atomic mass is 14.9. The number of fused-ring (bicyclic) bond motifs is 1. The van der Waals surface area contributed by atoms with Crippen LogP contribution in [0.15, 0.2) is 60.8 Å². The van der Waals surface area contributed by atoms with Crippen LogP contribution >= 0.6 is 0 Å². The van der Waals surface area contributed by atoms with Gasteiger partial charge in [-0.15, -0.1) is 0 Å². The molecule has 0 spiro atoms. The highest BCUT2D eigenvalue weighted by Crippen LogP contribution is 2.17. The van der Waals surface area contributed by atoms with Crippen molar-refractivity contribution in [2.24, 2.45) is 0 Å². The summed E-state index contributed by atoms with van der Waals surface area (Å²) < 4.78 is 0. The largest absolute Gasteiger partial charge is 0.380 e. The topological polar surface area (TPSA) is 48.7 Å². The van der Waals surface area contributed by atoms with Crippen molar-refractivity contribution in [3.8, 4) is 6.07 Å². The van der Waals surface area contributed by atoms with E-state index in [4.69, 9.17) is 5.26 Å². The fourth-order valence-corrected chi connectivity index (χ4v) is 2.15.